The Hall–Kier alpha value is -3.24. The van der Waals surface area contributed by atoms with Gasteiger partial charge in [-0.2, -0.15) is 4.31 Å². The third-order valence-corrected chi connectivity index (χ3v) is 9.75. The van der Waals surface area contributed by atoms with Gasteiger partial charge in [0.05, 0.1) is 11.7 Å². The van der Waals surface area contributed by atoms with Crippen molar-refractivity contribution in [1.82, 2.24) is 29.4 Å². The number of aromatic nitrogens is 2. The van der Waals surface area contributed by atoms with E-state index in [0.717, 1.165) is 30.1 Å². The number of H-pyrrole nitrogens is 1. The molecule has 2 aliphatic rings. The molecule has 5 rings (SSSR count). The Morgan fingerprint density at radius 3 is 2.84 bits per heavy atom. The molecule has 0 spiro atoms. The molecule has 1 aromatic carbocycles. The molecule has 12 heteroatoms. The lowest BCUT2D eigenvalue weighted by molar-refractivity contribution is -0.121. The van der Waals surface area contributed by atoms with E-state index in [1.807, 2.05) is 7.05 Å². The molecule has 0 bridgehead atoms. The van der Waals surface area contributed by atoms with E-state index >= 15 is 0 Å². The standard InChI is InChI=1S/C25H28N6O4S2/c1-4-16-5-6-19-17(11-16)12-23(27-19)37(34,35)30-9-10-31(18(14-30)13-22(32)26-2)25(33)24-28-20-7-8-29(3)15-21(20)36-24/h1,5-6,11-12,18,27H,7-10,13-15H2,2-3H3,(H,26,32). The normalized spacial score (nSPS) is 18.9. The molecule has 2 aliphatic heterocycles. The lowest BCUT2D eigenvalue weighted by Gasteiger charge is -2.40. The fraction of sp³-hybridized carbons (Fsp3) is 0.400. The minimum atomic E-state index is -3.90. The number of terminal acetylenes is 1. The van der Waals surface area contributed by atoms with Crippen molar-refractivity contribution in [3.05, 3.63) is 45.4 Å². The highest BCUT2D eigenvalue weighted by molar-refractivity contribution is 7.89. The molecule has 10 nitrogen and oxygen atoms in total. The van der Waals surface area contributed by atoms with Crippen molar-refractivity contribution in [1.29, 1.82) is 0 Å². The van der Waals surface area contributed by atoms with Gasteiger partial charge in [0.15, 0.2) is 5.01 Å². The minimum Gasteiger partial charge on any atom is -0.359 e. The Kier molecular flexibility index (Phi) is 6.80. The van der Waals surface area contributed by atoms with Gasteiger partial charge in [0, 0.05) is 74.0 Å². The second-order valence-corrected chi connectivity index (χ2v) is 12.3. The molecule has 2 N–H and O–H groups in total. The number of likely N-dealkylation sites (N-methyl/N-ethyl adjacent to an activating group) is 1. The summed E-state index contributed by atoms with van der Waals surface area (Å²) in [5, 5.41) is 3.72. The van der Waals surface area contributed by atoms with Gasteiger partial charge in [-0.3, -0.25) is 9.59 Å². The first-order chi connectivity index (χ1) is 17.7. The zero-order valence-corrected chi connectivity index (χ0v) is 22.3. The summed E-state index contributed by atoms with van der Waals surface area (Å²) in [6.07, 6.45) is 6.25. The van der Waals surface area contributed by atoms with Crippen molar-refractivity contribution < 1.29 is 18.0 Å². The second-order valence-electron chi connectivity index (χ2n) is 9.35. The largest absolute Gasteiger partial charge is 0.359 e. The van der Waals surface area contributed by atoms with E-state index < -0.39 is 16.1 Å². The smallest absolute Gasteiger partial charge is 0.283 e. The van der Waals surface area contributed by atoms with Crippen molar-refractivity contribution in [3.63, 3.8) is 0 Å². The van der Waals surface area contributed by atoms with E-state index in [2.05, 4.69) is 26.1 Å². The third kappa shape index (κ3) is 4.87. The number of carbonyl (C=O) groups excluding carboxylic acids is 2. The monoisotopic (exact) mass is 540 g/mol. The molecular weight excluding hydrogens is 512 g/mol. The molecule has 0 aliphatic carbocycles. The number of benzene rings is 1. The van der Waals surface area contributed by atoms with E-state index in [4.69, 9.17) is 6.42 Å². The fourth-order valence-corrected chi connectivity index (χ4v) is 7.44. The van der Waals surface area contributed by atoms with Gasteiger partial charge >= 0.3 is 0 Å². The molecule has 2 aromatic heterocycles. The van der Waals surface area contributed by atoms with Crippen LogP contribution in [0.3, 0.4) is 0 Å². The average Bonchev–Trinajstić information content (AvgIpc) is 3.52. The van der Waals surface area contributed by atoms with Crippen molar-refractivity contribution >= 4 is 44.1 Å². The molecule has 194 valence electrons. The fourth-order valence-electron chi connectivity index (χ4n) is 4.81. The minimum absolute atomic E-state index is 0.000289. The number of rotatable bonds is 5. The zero-order valence-electron chi connectivity index (χ0n) is 20.7. The summed E-state index contributed by atoms with van der Waals surface area (Å²) in [5.41, 5.74) is 2.26. The highest BCUT2D eigenvalue weighted by Gasteiger charge is 2.39. The van der Waals surface area contributed by atoms with Gasteiger partial charge < -0.3 is 20.1 Å². The van der Waals surface area contributed by atoms with Crippen molar-refractivity contribution in [3.8, 4) is 12.3 Å². The molecule has 2 amide bonds. The van der Waals surface area contributed by atoms with Gasteiger partial charge in [0.1, 0.15) is 5.03 Å². The van der Waals surface area contributed by atoms with Crippen LogP contribution in [0.15, 0.2) is 29.3 Å². The molecule has 1 fully saturated rings. The molecule has 37 heavy (non-hydrogen) atoms. The zero-order chi connectivity index (χ0) is 26.3. The summed E-state index contributed by atoms with van der Waals surface area (Å²) in [5.74, 6) is 2.02. The molecule has 1 saturated heterocycles. The number of hydrogen-bond donors (Lipinski definition) is 2. The average molecular weight is 541 g/mol. The van der Waals surface area contributed by atoms with E-state index in [1.54, 1.807) is 29.2 Å². The lowest BCUT2D eigenvalue weighted by Crippen LogP contribution is -2.57. The Bertz CT molecular complexity index is 1520. The molecular formula is C25H28N6O4S2. The van der Waals surface area contributed by atoms with Gasteiger partial charge in [0.25, 0.3) is 15.9 Å². The number of thiazole rings is 1. The maximum absolute atomic E-state index is 13.6. The van der Waals surface area contributed by atoms with Crippen LogP contribution in [0.4, 0.5) is 0 Å². The van der Waals surface area contributed by atoms with Crippen LogP contribution in [0.25, 0.3) is 10.9 Å². The quantitative estimate of drug-likeness (QED) is 0.470. The number of nitrogens with one attached hydrogen (secondary N) is 2. The number of nitrogens with zero attached hydrogens (tertiary/aromatic N) is 4. The number of aromatic amines is 1. The summed E-state index contributed by atoms with van der Waals surface area (Å²) in [7, 11) is -0.351. The van der Waals surface area contributed by atoms with Crippen molar-refractivity contribution in [2.75, 3.05) is 40.3 Å². The van der Waals surface area contributed by atoms with Gasteiger partial charge in [-0.05, 0) is 31.3 Å². The van der Waals surface area contributed by atoms with Gasteiger partial charge in [0.2, 0.25) is 5.91 Å². The highest BCUT2D eigenvalue weighted by Crippen LogP contribution is 2.29. The number of amides is 2. The maximum atomic E-state index is 13.6. The van der Waals surface area contributed by atoms with E-state index in [-0.39, 0.29) is 42.9 Å². The summed E-state index contributed by atoms with van der Waals surface area (Å²) < 4.78 is 28.4. The number of fused-ring (bicyclic) bond motifs is 2. The Labute approximate surface area is 219 Å². The third-order valence-electron chi connectivity index (χ3n) is 6.89. The molecule has 3 aromatic rings. The first-order valence-corrected chi connectivity index (χ1v) is 14.2. The predicted octanol–water partition coefficient (Wildman–Crippen LogP) is 1.25. The molecule has 0 radical (unpaired) electrons. The summed E-state index contributed by atoms with van der Waals surface area (Å²) in [4.78, 5) is 38.3. The Morgan fingerprint density at radius 2 is 2.08 bits per heavy atom. The van der Waals surface area contributed by atoms with Crippen LogP contribution < -0.4 is 5.32 Å². The summed E-state index contributed by atoms with van der Waals surface area (Å²) in [6.45, 7) is 1.90. The number of sulfonamides is 1. The Morgan fingerprint density at radius 1 is 1.27 bits per heavy atom. The van der Waals surface area contributed by atoms with Crippen LogP contribution >= 0.6 is 11.3 Å². The first kappa shape index (κ1) is 25.4. The predicted molar refractivity (Wildman–Crippen MR) is 141 cm³/mol. The number of carbonyl (C=O) groups is 2. The topological polar surface area (TPSA) is 119 Å². The molecule has 0 saturated carbocycles. The molecule has 4 heterocycles. The van der Waals surface area contributed by atoms with E-state index in [0.29, 0.717) is 21.5 Å². The lowest BCUT2D eigenvalue weighted by atomic mass is 10.1. The van der Waals surface area contributed by atoms with Crippen LogP contribution in [0.2, 0.25) is 0 Å². The number of piperazine rings is 1. The first-order valence-electron chi connectivity index (χ1n) is 12.0. The summed E-state index contributed by atoms with van der Waals surface area (Å²) in [6, 6.07) is 6.18. The highest BCUT2D eigenvalue weighted by atomic mass is 32.2. The van der Waals surface area contributed by atoms with Crippen LogP contribution in [0.5, 0.6) is 0 Å². The van der Waals surface area contributed by atoms with E-state index in [9.17, 15) is 18.0 Å². The maximum Gasteiger partial charge on any atom is 0.283 e. The van der Waals surface area contributed by atoms with E-state index in [1.165, 1.54) is 22.7 Å². The van der Waals surface area contributed by atoms with Crippen molar-refractivity contribution in [2.24, 2.45) is 0 Å². The SMILES string of the molecule is C#Cc1ccc2[nH]c(S(=O)(=O)N3CCN(C(=O)c4nc5c(s4)CN(C)CC5)C(CC(=O)NC)C3)cc2c1. The van der Waals surface area contributed by atoms with Crippen LogP contribution in [0.1, 0.15) is 32.4 Å². The summed E-state index contributed by atoms with van der Waals surface area (Å²) >= 11 is 1.38. The second kappa shape index (κ2) is 9.90. The number of hydrogen-bond acceptors (Lipinski definition) is 7. The van der Waals surface area contributed by atoms with Crippen LogP contribution in [0, 0.1) is 12.3 Å². The van der Waals surface area contributed by atoms with Crippen molar-refractivity contribution in [2.45, 2.75) is 30.5 Å². The Balaban J connectivity index is 1.40. The van der Waals surface area contributed by atoms with Gasteiger partial charge in [-0.25, -0.2) is 13.4 Å². The molecule has 1 atom stereocenters. The van der Waals surface area contributed by atoms with Gasteiger partial charge in [-0.1, -0.05) is 5.92 Å². The molecule has 1 unspecified atom stereocenters. The van der Waals surface area contributed by atoms with Crippen LogP contribution in [-0.2, 0) is 27.8 Å². The van der Waals surface area contributed by atoms with Gasteiger partial charge in [-0.15, -0.1) is 17.8 Å². The van der Waals surface area contributed by atoms with Crippen LogP contribution in [-0.4, -0.2) is 90.6 Å².